The normalized spacial score (nSPS) is 11.2. The molecule has 1 aromatic rings. The minimum Gasteiger partial charge on any atom is -0.468 e. The molecule has 0 aliphatic heterocycles. The first-order chi connectivity index (χ1) is 9.27. The number of sulfonamides is 1. The van der Waals surface area contributed by atoms with Crippen molar-refractivity contribution in [1.29, 1.82) is 0 Å². The number of ether oxygens (including phenoxy) is 1. The lowest BCUT2D eigenvalue weighted by Gasteiger charge is -2.16. The molecular formula is C12H16N2O5S. The number of carbonyl (C=O) groups excluding carboxylic acids is 2. The number of carbonyl (C=O) groups is 2. The van der Waals surface area contributed by atoms with Crippen LogP contribution in [0.1, 0.15) is 6.92 Å². The molecule has 0 bridgehead atoms. The zero-order valence-corrected chi connectivity index (χ0v) is 12.2. The van der Waals surface area contributed by atoms with Gasteiger partial charge in [0.25, 0.3) is 0 Å². The average Bonchev–Trinajstić information content (AvgIpc) is 2.38. The van der Waals surface area contributed by atoms with Crippen LogP contribution in [-0.4, -0.2) is 45.3 Å². The summed E-state index contributed by atoms with van der Waals surface area (Å²) < 4.78 is 29.6. The number of hydrogen-bond acceptors (Lipinski definition) is 5. The second kappa shape index (κ2) is 6.49. The molecule has 8 heteroatoms. The minimum absolute atomic E-state index is 0.0259. The summed E-state index contributed by atoms with van der Waals surface area (Å²) in [5, 5.41) is 2.53. The van der Waals surface area contributed by atoms with Crippen molar-refractivity contribution in [2.24, 2.45) is 0 Å². The first kappa shape index (κ1) is 16.1. The molecule has 0 unspecified atom stereocenters. The van der Waals surface area contributed by atoms with Gasteiger partial charge < -0.3 is 10.1 Å². The average molecular weight is 300 g/mol. The lowest BCUT2D eigenvalue weighted by atomic mass is 10.3. The van der Waals surface area contributed by atoms with Gasteiger partial charge in [-0.05, 0) is 24.3 Å². The minimum atomic E-state index is -3.77. The van der Waals surface area contributed by atoms with Gasteiger partial charge in [-0.25, -0.2) is 8.42 Å². The lowest BCUT2D eigenvalue weighted by Crippen LogP contribution is -2.32. The van der Waals surface area contributed by atoms with E-state index in [4.69, 9.17) is 0 Å². The molecule has 0 atom stereocenters. The predicted molar refractivity (Wildman–Crippen MR) is 72.6 cm³/mol. The van der Waals surface area contributed by atoms with Crippen LogP contribution in [0, 0.1) is 0 Å². The summed E-state index contributed by atoms with van der Waals surface area (Å²) in [5.41, 5.74) is 0.493. The van der Waals surface area contributed by atoms with E-state index in [1.165, 1.54) is 45.3 Å². The SMILES string of the molecule is COC(=O)CN(C)S(=O)(=O)c1ccc(NC(C)=O)cc1. The van der Waals surface area contributed by atoms with Gasteiger partial charge in [-0.2, -0.15) is 4.31 Å². The van der Waals surface area contributed by atoms with E-state index >= 15 is 0 Å². The zero-order valence-electron chi connectivity index (χ0n) is 11.4. The summed E-state index contributed by atoms with van der Waals surface area (Å²) in [4.78, 5) is 22.0. The molecule has 0 aromatic heterocycles. The standard InChI is InChI=1S/C12H16N2O5S/c1-9(15)13-10-4-6-11(7-5-10)20(17,18)14(2)8-12(16)19-3/h4-7H,8H2,1-3H3,(H,13,15). The first-order valence-electron chi connectivity index (χ1n) is 5.68. The molecular weight excluding hydrogens is 284 g/mol. The number of esters is 1. The van der Waals surface area contributed by atoms with Gasteiger partial charge in [0.05, 0.1) is 12.0 Å². The number of nitrogens with zero attached hydrogens (tertiary/aromatic N) is 1. The van der Waals surface area contributed by atoms with Crippen LogP contribution < -0.4 is 5.32 Å². The summed E-state index contributed by atoms with van der Waals surface area (Å²) >= 11 is 0. The van der Waals surface area contributed by atoms with E-state index < -0.39 is 16.0 Å². The topological polar surface area (TPSA) is 92.8 Å². The van der Waals surface area contributed by atoms with Gasteiger partial charge in [-0.3, -0.25) is 9.59 Å². The van der Waals surface area contributed by atoms with Gasteiger partial charge in [0, 0.05) is 19.7 Å². The molecule has 7 nitrogen and oxygen atoms in total. The zero-order chi connectivity index (χ0) is 15.3. The summed E-state index contributed by atoms with van der Waals surface area (Å²) in [6, 6.07) is 5.66. The Balaban J connectivity index is 2.92. The van der Waals surface area contributed by atoms with Crippen LogP contribution in [0.3, 0.4) is 0 Å². The molecule has 0 radical (unpaired) electrons. The molecule has 1 aromatic carbocycles. The number of hydrogen-bond donors (Lipinski definition) is 1. The van der Waals surface area contributed by atoms with Crippen LogP contribution in [-0.2, 0) is 24.3 Å². The highest BCUT2D eigenvalue weighted by Gasteiger charge is 2.23. The number of anilines is 1. The summed E-state index contributed by atoms with van der Waals surface area (Å²) in [5.74, 6) is -0.894. The third-order valence-electron chi connectivity index (χ3n) is 2.46. The van der Waals surface area contributed by atoms with Crippen molar-refractivity contribution in [1.82, 2.24) is 4.31 Å². The highest BCUT2D eigenvalue weighted by Crippen LogP contribution is 2.17. The Bertz CT molecular complexity index is 595. The van der Waals surface area contributed by atoms with E-state index in [0.717, 1.165) is 4.31 Å². The summed E-state index contributed by atoms with van der Waals surface area (Å²) in [7, 11) is -1.30. The maximum absolute atomic E-state index is 12.1. The van der Waals surface area contributed by atoms with Crippen molar-refractivity contribution in [2.45, 2.75) is 11.8 Å². The number of amides is 1. The van der Waals surface area contributed by atoms with Crippen LogP contribution >= 0.6 is 0 Å². The van der Waals surface area contributed by atoms with E-state index in [0.29, 0.717) is 5.69 Å². The molecule has 0 saturated carbocycles. The van der Waals surface area contributed by atoms with Gasteiger partial charge in [-0.1, -0.05) is 0 Å². The summed E-state index contributed by atoms with van der Waals surface area (Å²) in [6.07, 6.45) is 0. The van der Waals surface area contributed by atoms with Crippen molar-refractivity contribution in [2.75, 3.05) is 26.0 Å². The Hall–Kier alpha value is -1.93. The molecule has 1 rings (SSSR count). The third-order valence-corrected chi connectivity index (χ3v) is 4.28. The molecule has 0 heterocycles. The third kappa shape index (κ3) is 4.04. The molecule has 1 amide bonds. The van der Waals surface area contributed by atoms with Gasteiger partial charge in [-0.15, -0.1) is 0 Å². The molecule has 0 aliphatic carbocycles. The lowest BCUT2D eigenvalue weighted by molar-refractivity contribution is -0.140. The number of methoxy groups -OCH3 is 1. The van der Waals surface area contributed by atoms with E-state index in [1.54, 1.807) is 0 Å². The number of rotatable bonds is 5. The van der Waals surface area contributed by atoms with Crippen LogP contribution in [0.5, 0.6) is 0 Å². The largest absolute Gasteiger partial charge is 0.468 e. The Morgan fingerprint density at radius 3 is 2.25 bits per heavy atom. The molecule has 0 aliphatic rings. The Morgan fingerprint density at radius 2 is 1.80 bits per heavy atom. The highest BCUT2D eigenvalue weighted by atomic mass is 32.2. The van der Waals surface area contributed by atoms with E-state index in [9.17, 15) is 18.0 Å². The Morgan fingerprint density at radius 1 is 1.25 bits per heavy atom. The van der Waals surface area contributed by atoms with Crippen molar-refractivity contribution in [3.63, 3.8) is 0 Å². The van der Waals surface area contributed by atoms with E-state index in [1.807, 2.05) is 0 Å². The molecule has 0 saturated heterocycles. The van der Waals surface area contributed by atoms with Crippen molar-refractivity contribution in [3.05, 3.63) is 24.3 Å². The Labute approximate surface area is 117 Å². The van der Waals surface area contributed by atoms with Gasteiger partial charge in [0.15, 0.2) is 0 Å². The van der Waals surface area contributed by atoms with Crippen molar-refractivity contribution >= 4 is 27.6 Å². The quantitative estimate of drug-likeness (QED) is 0.796. The monoisotopic (exact) mass is 300 g/mol. The number of likely N-dealkylation sites (N-methyl/N-ethyl adjacent to an activating group) is 1. The summed E-state index contributed by atoms with van der Waals surface area (Å²) in [6.45, 7) is 0.987. The number of benzene rings is 1. The molecule has 1 N–H and O–H groups in total. The smallest absolute Gasteiger partial charge is 0.321 e. The maximum atomic E-state index is 12.1. The van der Waals surface area contributed by atoms with Crippen LogP contribution in [0.15, 0.2) is 29.2 Å². The fraction of sp³-hybridized carbons (Fsp3) is 0.333. The van der Waals surface area contributed by atoms with Crippen LogP contribution in [0.4, 0.5) is 5.69 Å². The highest BCUT2D eigenvalue weighted by molar-refractivity contribution is 7.89. The molecule has 110 valence electrons. The van der Waals surface area contributed by atoms with Crippen molar-refractivity contribution < 1.29 is 22.7 Å². The van der Waals surface area contributed by atoms with Crippen molar-refractivity contribution in [3.8, 4) is 0 Å². The number of nitrogens with one attached hydrogen (secondary N) is 1. The molecule has 20 heavy (non-hydrogen) atoms. The Kier molecular flexibility index (Phi) is 5.23. The molecule has 0 spiro atoms. The first-order valence-corrected chi connectivity index (χ1v) is 7.12. The fourth-order valence-electron chi connectivity index (χ4n) is 1.42. The maximum Gasteiger partial charge on any atom is 0.321 e. The van der Waals surface area contributed by atoms with Gasteiger partial charge in [0.2, 0.25) is 15.9 Å². The van der Waals surface area contributed by atoms with Gasteiger partial charge in [0.1, 0.15) is 6.54 Å². The fourth-order valence-corrected chi connectivity index (χ4v) is 2.54. The second-order valence-corrected chi connectivity index (χ2v) is 6.09. The molecule has 0 fully saturated rings. The van der Waals surface area contributed by atoms with E-state index in [2.05, 4.69) is 10.1 Å². The van der Waals surface area contributed by atoms with Crippen LogP contribution in [0.25, 0.3) is 0 Å². The second-order valence-electron chi connectivity index (χ2n) is 4.04. The predicted octanol–water partition coefficient (Wildman–Crippen LogP) is 0.438. The van der Waals surface area contributed by atoms with E-state index in [-0.39, 0.29) is 17.3 Å². The van der Waals surface area contributed by atoms with Crippen LogP contribution in [0.2, 0.25) is 0 Å². The van der Waals surface area contributed by atoms with Gasteiger partial charge >= 0.3 is 5.97 Å².